The monoisotopic (exact) mass is 330 g/mol. The largest absolute Gasteiger partial charge is 0.494 e. The van der Waals surface area contributed by atoms with E-state index in [2.05, 4.69) is 0 Å². The van der Waals surface area contributed by atoms with Crippen LogP contribution in [0, 0.1) is 13.8 Å². The van der Waals surface area contributed by atoms with Crippen molar-refractivity contribution < 1.29 is 14.3 Å². The van der Waals surface area contributed by atoms with Crippen molar-refractivity contribution in [3.63, 3.8) is 0 Å². The minimum atomic E-state index is 0.0361. The van der Waals surface area contributed by atoms with E-state index in [0.29, 0.717) is 13.2 Å². The summed E-state index contributed by atoms with van der Waals surface area (Å²) >= 11 is 0. The lowest BCUT2D eigenvalue weighted by Crippen LogP contribution is -2.09. The zero-order valence-electron chi connectivity index (χ0n) is 14.1. The van der Waals surface area contributed by atoms with Crippen molar-refractivity contribution in [2.75, 3.05) is 13.2 Å². The average molecular weight is 330 g/mol. The van der Waals surface area contributed by atoms with E-state index in [1.54, 1.807) is 0 Å². The van der Waals surface area contributed by atoms with Gasteiger partial charge in [-0.15, -0.1) is 0 Å². The molecule has 4 heteroatoms. The van der Waals surface area contributed by atoms with E-state index >= 15 is 0 Å². The summed E-state index contributed by atoms with van der Waals surface area (Å²) < 4.78 is 11.2. The van der Waals surface area contributed by atoms with Crippen LogP contribution in [-0.4, -0.2) is 18.7 Å². The zero-order chi connectivity index (χ0) is 16.8. The Bertz CT molecular complexity index is 675. The van der Waals surface area contributed by atoms with Crippen LogP contribution in [0.25, 0.3) is 0 Å². The minimum Gasteiger partial charge on any atom is -0.494 e. The molecule has 0 saturated carbocycles. The number of hydrogen-bond acceptors (Lipinski definition) is 3. The van der Waals surface area contributed by atoms with Crippen molar-refractivity contribution in [3.05, 3.63) is 53.1 Å². The van der Waals surface area contributed by atoms with Gasteiger partial charge in [-0.1, -0.05) is 18.2 Å². The maximum Gasteiger partial charge on any atom is 0.186 e. The summed E-state index contributed by atoms with van der Waals surface area (Å²) in [4.78, 5) is 12.7. The van der Waals surface area contributed by atoms with E-state index in [1.165, 1.54) is 0 Å². The van der Waals surface area contributed by atoms with Crippen molar-refractivity contribution in [1.82, 2.24) is 0 Å². The molecule has 2 rings (SSSR count). The summed E-state index contributed by atoms with van der Waals surface area (Å²) in [5.74, 6) is 1.50. The van der Waals surface area contributed by atoms with Gasteiger partial charge in [0.15, 0.2) is 5.52 Å². The van der Waals surface area contributed by atoms with Crippen LogP contribution in [0.2, 0.25) is 0 Å². The topological polar surface area (TPSA) is 35.5 Å². The van der Waals surface area contributed by atoms with E-state index in [1.807, 2.05) is 64.1 Å². The van der Waals surface area contributed by atoms with Gasteiger partial charge < -0.3 is 9.47 Å². The molecule has 1 atom stereocenters. The van der Waals surface area contributed by atoms with Crippen LogP contribution in [0.4, 0.5) is 0 Å². The van der Waals surface area contributed by atoms with Crippen LogP contribution >= 0.6 is 8.58 Å². The lowest BCUT2D eigenvalue weighted by atomic mass is 10.0. The average Bonchev–Trinajstić information content (AvgIpc) is 2.50. The number of aryl methyl sites for hydroxylation is 2. The van der Waals surface area contributed by atoms with E-state index in [0.717, 1.165) is 33.5 Å². The van der Waals surface area contributed by atoms with Gasteiger partial charge in [0.1, 0.15) is 11.5 Å². The highest BCUT2D eigenvalue weighted by molar-refractivity contribution is 7.66. The third-order valence-electron chi connectivity index (χ3n) is 3.52. The number of hydrogen-bond donors (Lipinski definition) is 0. The SMILES string of the molecule is CCOc1ccc(PC(=O)c2c(C)cccc2C)c(OCC)c1. The molecule has 122 valence electrons. The maximum atomic E-state index is 12.7. The Hall–Kier alpha value is -1.86. The van der Waals surface area contributed by atoms with Gasteiger partial charge in [0.2, 0.25) is 0 Å². The Morgan fingerprint density at radius 3 is 2.26 bits per heavy atom. The van der Waals surface area contributed by atoms with Gasteiger partial charge in [-0.3, -0.25) is 4.79 Å². The first-order chi connectivity index (χ1) is 11.1. The Kier molecular flexibility index (Phi) is 6.18. The first-order valence-corrected chi connectivity index (χ1v) is 8.84. The van der Waals surface area contributed by atoms with Gasteiger partial charge in [-0.05, 0) is 59.5 Å². The molecule has 2 aromatic carbocycles. The van der Waals surface area contributed by atoms with Crippen LogP contribution in [0.5, 0.6) is 11.5 Å². The highest BCUT2D eigenvalue weighted by atomic mass is 31.1. The van der Waals surface area contributed by atoms with Crippen molar-refractivity contribution in [3.8, 4) is 11.5 Å². The smallest absolute Gasteiger partial charge is 0.186 e. The normalized spacial score (nSPS) is 11.0. The number of carbonyl (C=O) groups excluding carboxylic acids is 1. The number of ether oxygens (including phenoxy) is 2. The third-order valence-corrected chi connectivity index (χ3v) is 4.68. The van der Waals surface area contributed by atoms with E-state index in [9.17, 15) is 4.79 Å². The molecule has 0 amide bonds. The molecule has 23 heavy (non-hydrogen) atoms. The first-order valence-electron chi connectivity index (χ1n) is 7.84. The molecule has 0 saturated heterocycles. The fraction of sp³-hybridized carbons (Fsp3) is 0.316. The van der Waals surface area contributed by atoms with Crippen molar-refractivity contribution in [1.29, 1.82) is 0 Å². The Morgan fingerprint density at radius 2 is 1.65 bits per heavy atom. The maximum absolute atomic E-state index is 12.7. The predicted octanol–water partition coefficient (Wildman–Crippen LogP) is 4.25. The second-order valence-electron chi connectivity index (χ2n) is 5.24. The zero-order valence-corrected chi connectivity index (χ0v) is 15.1. The quantitative estimate of drug-likeness (QED) is 0.712. The van der Waals surface area contributed by atoms with Gasteiger partial charge in [-0.2, -0.15) is 0 Å². The number of carbonyl (C=O) groups is 1. The summed E-state index contributed by atoms with van der Waals surface area (Å²) in [7, 11) is 0.0361. The standard InChI is InChI=1S/C19H23O3P/c1-5-21-15-10-11-17(16(12-15)22-6-2)23-19(20)18-13(3)8-7-9-14(18)4/h7-12,23H,5-6H2,1-4H3. The molecule has 3 nitrogen and oxygen atoms in total. The molecule has 0 fully saturated rings. The highest BCUT2D eigenvalue weighted by Crippen LogP contribution is 2.29. The van der Waals surface area contributed by atoms with Gasteiger partial charge in [-0.25, -0.2) is 0 Å². The molecule has 0 aliphatic heterocycles. The second kappa shape index (κ2) is 8.12. The summed E-state index contributed by atoms with van der Waals surface area (Å²) in [6.45, 7) is 9.01. The molecule has 2 aromatic rings. The molecule has 0 aromatic heterocycles. The lowest BCUT2D eigenvalue weighted by molar-refractivity contribution is 0.108. The Balaban J connectivity index is 2.30. The molecular weight excluding hydrogens is 307 g/mol. The van der Waals surface area contributed by atoms with E-state index in [-0.39, 0.29) is 14.1 Å². The van der Waals surface area contributed by atoms with Gasteiger partial charge >= 0.3 is 0 Å². The second-order valence-corrected chi connectivity index (χ2v) is 6.49. The van der Waals surface area contributed by atoms with Gasteiger partial charge in [0, 0.05) is 16.9 Å². The van der Waals surface area contributed by atoms with Crippen LogP contribution < -0.4 is 14.8 Å². The van der Waals surface area contributed by atoms with Crippen LogP contribution in [-0.2, 0) is 0 Å². The molecule has 0 spiro atoms. The summed E-state index contributed by atoms with van der Waals surface area (Å²) in [5, 5.41) is 0.919. The lowest BCUT2D eigenvalue weighted by Gasteiger charge is -2.13. The minimum absolute atomic E-state index is 0.0361. The molecule has 0 radical (unpaired) electrons. The van der Waals surface area contributed by atoms with Crippen LogP contribution in [0.15, 0.2) is 36.4 Å². The van der Waals surface area contributed by atoms with Crippen LogP contribution in [0.3, 0.4) is 0 Å². The third kappa shape index (κ3) is 4.33. The van der Waals surface area contributed by atoms with E-state index < -0.39 is 0 Å². The highest BCUT2D eigenvalue weighted by Gasteiger charge is 2.15. The Labute approximate surface area is 139 Å². The first kappa shape index (κ1) is 17.5. The van der Waals surface area contributed by atoms with Gasteiger partial charge in [0.05, 0.1) is 13.2 Å². The number of rotatable bonds is 7. The van der Waals surface area contributed by atoms with Crippen LogP contribution in [0.1, 0.15) is 35.3 Å². The molecule has 0 bridgehead atoms. The Morgan fingerprint density at radius 1 is 1.00 bits per heavy atom. The van der Waals surface area contributed by atoms with Crippen molar-refractivity contribution >= 4 is 19.4 Å². The molecule has 0 N–H and O–H groups in total. The summed E-state index contributed by atoms with van der Waals surface area (Å²) in [6, 6.07) is 11.6. The van der Waals surface area contributed by atoms with Crippen molar-refractivity contribution in [2.24, 2.45) is 0 Å². The number of benzene rings is 2. The molecule has 0 aliphatic rings. The fourth-order valence-electron chi connectivity index (χ4n) is 2.49. The summed E-state index contributed by atoms with van der Waals surface area (Å²) in [5.41, 5.74) is 3.01. The molecule has 0 aliphatic carbocycles. The predicted molar refractivity (Wildman–Crippen MR) is 97.0 cm³/mol. The summed E-state index contributed by atoms with van der Waals surface area (Å²) in [6.07, 6.45) is 0. The molecule has 0 heterocycles. The van der Waals surface area contributed by atoms with E-state index in [4.69, 9.17) is 9.47 Å². The van der Waals surface area contributed by atoms with Gasteiger partial charge in [0.25, 0.3) is 0 Å². The van der Waals surface area contributed by atoms with Crippen molar-refractivity contribution in [2.45, 2.75) is 27.7 Å². The molecule has 1 unspecified atom stereocenters. The molecular formula is C19H23O3P. The fourth-order valence-corrected chi connectivity index (χ4v) is 3.69.